The third kappa shape index (κ3) is 4.73. The number of rotatable bonds is 5. The number of nitrogens with two attached hydrogens (primary N) is 1. The molecule has 0 amide bonds. The molecule has 0 heterocycles. The Morgan fingerprint density at radius 2 is 2.25 bits per heavy atom. The molecule has 0 aliphatic rings. The van der Waals surface area contributed by atoms with Crippen molar-refractivity contribution in [3.63, 3.8) is 0 Å². The van der Waals surface area contributed by atoms with Gasteiger partial charge in [0.2, 0.25) is 0 Å². The summed E-state index contributed by atoms with van der Waals surface area (Å²) < 4.78 is 4.75. The molecule has 0 rings (SSSR count). The first-order valence-electron chi connectivity index (χ1n) is 3.92. The standard InChI is InChI=1S/C8H15NO3/c1-2-7(9)8(11)12-6-4-3-5-10/h2,10H,3-6,9H2,1H3/b7-2-. The molecule has 4 nitrogen and oxygen atoms in total. The van der Waals surface area contributed by atoms with Crippen molar-refractivity contribution in [2.24, 2.45) is 5.73 Å². The van der Waals surface area contributed by atoms with Gasteiger partial charge >= 0.3 is 5.97 Å². The first kappa shape index (κ1) is 11.0. The van der Waals surface area contributed by atoms with Crippen LogP contribution in [0.2, 0.25) is 0 Å². The normalized spacial score (nSPS) is 11.3. The zero-order valence-electron chi connectivity index (χ0n) is 7.25. The number of carbonyl (C=O) groups is 1. The molecule has 0 atom stereocenters. The van der Waals surface area contributed by atoms with Crippen LogP contribution in [0.25, 0.3) is 0 Å². The van der Waals surface area contributed by atoms with Crippen LogP contribution >= 0.6 is 0 Å². The average molecular weight is 173 g/mol. The summed E-state index contributed by atoms with van der Waals surface area (Å²) in [4.78, 5) is 10.9. The van der Waals surface area contributed by atoms with Gasteiger partial charge in [-0.15, -0.1) is 0 Å². The van der Waals surface area contributed by atoms with E-state index in [0.29, 0.717) is 19.4 Å². The number of aliphatic hydroxyl groups is 1. The van der Waals surface area contributed by atoms with Crippen LogP contribution in [0, 0.1) is 0 Å². The first-order chi connectivity index (χ1) is 5.72. The van der Waals surface area contributed by atoms with E-state index >= 15 is 0 Å². The lowest BCUT2D eigenvalue weighted by Gasteiger charge is -2.02. The third-order valence-electron chi connectivity index (χ3n) is 1.33. The van der Waals surface area contributed by atoms with Gasteiger partial charge in [-0.3, -0.25) is 0 Å². The fourth-order valence-corrected chi connectivity index (χ4v) is 0.580. The molecule has 0 saturated carbocycles. The maximum Gasteiger partial charge on any atom is 0.353 e. The Morgan fingerprint density at radius 1 is 1.58 bits per heavy atom. The first-order valence-corrected chi connectivity index (χ1v) is 3.92. The number of esters is 1. The topological polar surface area (TPSA) is 72.6 Å². The molecule has 0 unspecified atom stereocenters. The number of unbranched alkanes of at least 4 members (excludes halogenated alkanes) is 1. The van der Waals surface area contributed by atoms with Gasteiger partial charge in [-0.25, -0.2) is 4.79 Å². The monoisotopic (exact) mass is 173 g/mol. The molecule has 0 aliphatic carbocycles. The smallest absolute Gasteiger partial charge is 0.353 e. The fourth-order valence-electron chi connectivity index (χ4n) is 0.580. The maximum atomic E-state index is 10.9. The lowest BCUT2D eigenvalue weighted by atomic mass is 10.3. The van der Waals surface area contributed by atoms with Crippen LogP contribution in [-0.2, 0) is 9.53 Å². The summed E-state index contributed by atoms with van der Waals surface area (Å²) in [6, 6.07) is 0. The predicted molar refractivity (Wildman–Crippen MR) is 45.2 cm³/mol. The van der Waals surface area contributed by atoms with Crippen LogP contribution < -0.4 is 5.73 Å². The molecule has 0 aromatic rings. The van der Waals surface area contributed by atoms with Gasteiger partial charge in [-0.1, -0.05) is 6.08 Å². The van der Waals surface area contributed by atoms with Crippen molar-refractivity contribution in [3.8, 4) is 0 Å². The summed E-state index contributed by atoms with van der Waals surface area (Å²) in [6.07, 6.45) is 2.80. The molecule has 70 valence electrons. The van der Waals surface area contributed by atoms with Crippen molar-refractivity contribution < 1.29 is 14.6 Å². The highest BCUT2D eigenvalue weighted by Crippen LogP contribution is 1.93. The van der Waals surface area contributed by atoms with Gasteiger partial charge in [-0.2, -0.15) is 0 Å². The maximum absolute atomic E-state index is 10.9. The largest absolute Gasteiger partial charge is 0.461 e. The van der Waals surface area contributed by atoms with Crippen LogP contribution in [-0.4, -0.2) is 24.3 Å². The highest BCUT2D eigenvalue weighted by atomic mass is 16.5. The second kappa shape index (κ2) is 6.67. The van der Waals surface area contributed by atoms with E-state index in [4.69, 9.17) is 15.6 Å². The fraction of sp³-hybridized carbons (Fsp3) is 0.625. The van der Waals surface area contributed by atoms with E-state index in [1.165, 1.54) is 6.08 Å². The molecule has 0 saturated heterocycles. The van der Waals surface area contributed by atoms with E-state index in [2.05, 4.69) is 0 Å². The Balaban J connectivity index is 3.45. The van der Waals surface area contributed by atoms with Crippen LogP contribution in [0.1, 0.15) is 19.8 Å². The molecule has 0 aliphatic heterocycles. The molecular weight excluding hydrogens is 158 g/mol. The quantitative estimate of drug-likeness (QED) is 0.353. The van der Waals surface area contributed by atoms with Crippen molar-refractivity contribution in [3.05, 3.63) is 11.8 Å². The SMILES string of the molecule is C/C=C(\N)C(=O)OCCCCO. The van der Waals surface area contributed by atoms with Gasteiger partial charge in [0, 0.05) is 6.61 Å². The Bertz CT molecular complexity index is 166. The number of allylic oxidation sites excluding steroid dienone is 1. The van der Waals surface area contributed by atoms with Crippen molar-refractivity contribution in [2.75, 3.05) is 13.2 Å². The summed E-state index contributed by atoms with van der Waals surface area (Å²) in [5.74, 6) is -0.490. The van der Waals surface area contributed by atoms with Crippen molar-refractivity contribution in [1.82, 2.24) is 0 Å². The molecule has 0 aromatic heterocycles. The molecule has 0 spiro atoms. The summed E-state index contributed by atoms with van der Waals surface area (Å²) in [6.45, 7) is 2.11. The van der Waals surface area contributed by atoms with E-state index in [1.807, 2.05) is 0 Å². The lowest BCUT2D eigenvalue weighted by Crippen LogP contribution is -2.15. The molecule has 0 aromatic carbocycles. The Morgan fingerprint density at radius 3 is 2.75 bits per heavy atom. The molecule has 12 heavy (non-hydrogen) atoms. The highest BCUT2D eigenvalue weighted by molar-refractivity contribution is 5.87. The van der Waals surface area contributed by atoms with Gasteiger partial charge in [0.15, 0.2) is 0 Å². The Hall–Kier alpha value is -1.03. The highest BCUT2D eigenvalue weighted by Gasteiger charge is 2.03. The number of carbonyl (C=O) groups excluding carboxylic acids is 1. The Kier molecular flexibility index (Phi) is 6.09. The molecule has 3 N–H and O–H groups in total. The minimum absolute atomic E-state index is 0.122. The van der Waals surface area contributed by atoms with Gasteiger partial charge in [0.1, 0.15) is 5.70 Å². The summed E-state index contributed by atoms with van der Waals surface area (Å²) >= 11 is 0. The number of hydrogen-bond acceptors (Lipinski definition) is 4. The zero-order valence-corrected chi connectivity index (χ0v) is 7.25. The van der Waals surface area contributed by atoms with Gasteiger partial charge in [0.05, 0.1) is 6.61 Å². The summed E-state index contributed by atoms with van der Waals surface area (Å²) in [5, 5.41) is 8.41. The molecule has 0 bridgehead atoms. The molecule has 4 heteroatoms. The van der Waals surface area contributed by atoms with E-state index < -0.39 is 5.97 Å². The second-order valence-electron chi connectivity index (χ2n) is 2.31. The van der Waals surface area contributed by atoms with E-state index in [1.54, 1.807) is 6.92 Å². The van der Waals surface area contributed by atoms with Crippen molar-refractivity contribution in [1.29, 1.82) is 0 Å². The summed E-state index contributed by atoms with van der Waals surface area (Å²) in [7, 11) is 0. The molecular formula is C8H15NO3. The third-order valence-corrected chi connectivity index (χ3v) is 1.33. The van der Waals surface area contributed by atoms with E-state index in [9.17, 15) is 4.79 Å². The number of hydrogen-bond donors (Lipinski definition) is 2. The molecule has 0 fully saturated rings. The average Bonchev–Trinajstić information content (AvgIpc) is 2.10. The van der Waals surface area contributed by atoms with Crippen LogP contribution in [0.5, 0.6) is 0 Å². The van der Waals surface area contributed by atoms with E-state index in [-0.39, 0.29) is 12.3 Å². The van der Waals surface area contributed by atoms with Crippen LogP contribution in [0.3, 0.4) is 0 Å². The number of ether oxygens (including phenoxy) is 1. The number of aliphatic hydroxyl groups excluding tert-OH is 1. The zero-order chi connectivity index (χ0) is 9.40. The molecule has 0 radical (unpaired) electrons. The summed E-state index contributed by atoms with van der Waals surface area (Å²) in [5.41, 5.74) is 5.39. The predicted octanol–water partition coefficient (Wildman–Crippen LogP) is 0.165. The van der Waals surface area contributed by atoms with Crippen LogP contribution in [0.15, 0.2) is 11.8 Å². The minimum atomic E-state index is -0.490. The van der Waals surface area contributed by atoms with Crippen molar-refractivity contribution >= 4 is 5.97 Å². The lowest BCUT2D eigenvalue weighted by molar-refractivity contribution is -0.139. The van der Waals surface area contributed by atoms with E-state index in [0.717, 1.165) is 0 Å². The Labute approximate surface area is 72.0 Å². The second-order valence-corrected chi connectivity index (χ2v) is 2.31. The van der Waals surface area contributed by atoms with Gasteiger partial charge in [-0.05, 0) is 19.8 Å². The van der Waals surface area contributed by atoms with Gasteiger partial charge < -0.3 is 15.6 Å². The minimum Gasteiger partial charge on any atom is -0.461 e. The van der Waals surface area contributed by atoms with Crippen LogP contribution in [0.4, 0.5) is 0 Å². The van der Waals surface area contributed by atoms with Gasteiger partial charge in [0.25, 0.3) is 0 Å². The van der Waals surface area contributed by atoms with Crippen molar-refractivity contribution in [2.45, 2.75) is 19.8 Å².